The molecular formula is C16H24N2O. The van der Waals surface area contributed by atoms with Crippen molar-refractivity contribution in [2.45, 2.75) is 32.4 Å². The first-order chi connectivity index (χ1) is 9.00. The molecule has 1 saturated heterocycles. The molecule has 0 N–H and O–H groups in total. The molecule has 0 spiro atoms. The van der Waals surface area contributed by atoms with Crippen LogP contribution in [0.25, 0.3) is 0 Å². The van der Waals surface area contributed by atoms with E-state index in [1.807, 2.05) is 23.1 Å². The second-order valence-electron chi connectivity index (χ2n) is 5.80. The van der Waals surface area contributed by atoms with Crippen molar-refractivity contribution in [2.24, 2.45) is 5.92 Å². The van der Waals surface area contributed by atoms with Gasteiger partial charge < -0.3 is 9.80 Å². The van der Waals surface area contributed by atoms with Gasteiger partial charge in [0.1, 0.15) is 0 Å². The Hall–Kier alpha value is -1.35. The summed E-state index contributed by atoms with van der Waals surface area (Å²) in [6.45, 7) is 5.19. The Kier molecular flexibility index (Phi) is 4.25. The van der Waals surface area contributed by atoms with Gasteiger partial charge >= 0.3 is 0 Å². The lowest BCUT2D eigenvalue weighted by Crippen LogP contribution is -2.35. The van der Waals surface area contributed by atoms with E-state index in [9.17, 15) is 4.79 Å². The lowest BCUT2D eigenvalue weighted by atomic mass is 9.99. The minimum atomic E-state index is 0.174. The average molecular weight is 260 g/mol. The lowest BCUT2D eigenvalue weighted by molar-refractivity contribution is -0.129. The molecule has 1 aromatic rings. The Morgan fingerprint density at radius 2 is 1.84 bits per heavy atom. The minimum absolute atomic E-state index is 0.174. The highest BCUT2D eigenvalue weighted by Gasteiger charge is 2.36. The van der Waals surface area contributed by atoms with Gasteiger partial charge in [0.25, 0.3) is 0 Å². The molecule has 0 bridgehead atoms. The number of carbonyl (C=O) groups excluding carboxylic acids is 1. The van der Waals surface area contributed by atoms with Crippen LogP contribution in [-0.4, -0.2) is 42.4 Å². The van der Waals surface area contributed by atoms with E-state index in [0.29, 0.717) is 18.4 Å². The first-order valence-corrected chi connectivity index (χ1v) is 7.01. The molecule has 1 aliphatic rings. The van der Waals surface area contributed by atoms with Gasteiger partial charge in [-0.15, -0.1) is 0 Å². The van der Waals surface area contributed by atoms with Crippen molar-refractivity contribution in [1.82, 2.24) is 9.80 Å². The zero-order chi connectivity index (χ0) is 14.0. The number of rotatable bonds is 4. The third kappa shape index (κ3) is 2.98. The highest BCUT2D eigenvalue weighted by atomic mass is 16.2. The van der Waals surface area contributed by atoms with E-state index >= 15 is 0 Å². The fourth-order valence-electron chi connectivity index (χ4n) is 2.79. The Labute approximate surface area is 116 Å². The first-order valence-electron chi connectivity index (χ1n) is 7.01. The molecule has 1 aromatic carbocycles. The number of nitrogens with zero attached hydrogens (tertiary/aromatic N) is 2. The van der Waals surface area contributed by atoms with Gasteiger partial charge in [-0.2, -0.15) is 0 Å². The molecule has 19 heavy (non-hydrogen) atoms. The summed E-state index contributed by atoms with van der Waals surface area (Å²) >= 11 is 0. The van der Waals surface area contributed by atoms with Crippen molar-refractivity contribution in [3.8, 4) is 0 Å². The van der Waals surface area contributed by atoms with Crippen LogP contribution in [0.2, 0.25) is 0 Å². The maximum Gasteiger partial charge on any atom is 0.223 e. The van der Waals surface area contributed by atoms with Gasteiger partial charge in [-0.25, -0.2) is 0 Å². The van der Waals surface area contributed by atoms with Crippen LogP contribution in [0.5, 0.6) is 0 Å². The highest BCUT2D eigenvalue weighted by Crippen LogP contribution is 2.30. The highest BCUT2D eigenvalue weighted by molar-refractivity contribution is 5.79. The Balaban J connectivity index is 2.08. The van der Waals surface area contributed by atoms with Crippen molar-refractivity contribution in [3.05, 3.63) is 35.9 Å². The number of hydrogen-bond acceptors (Lipinski definition) is 2. The normalized spacial score (nSPS) is 22.9. The summed E-state index contributed by atoms with van der Waals surface area (Å²) < 4.78 is 0. The maximum absolute atomic E-state index is 12.2. The van der Waals surface area contributed by atoms with E-state index in [2.05, 4.69) is 45.0 Å². The summed E-state index contributed by atoms with van der Waals surface area (Å²) in [6, 6.07) is 10.9. The fourth-order valence-corrected chi connectivity index (χ4v) is 2.79. The monoisotopic (exact) mass is 260 g/mol. The van der Waals surface area contributed by atoms with Crippen LogP contribution >= 0.6 is 0 Å². The van der Waals surface area contributed by atoms with E-state index in [1.54, 1.807) is 0 Å². The predicted octanol–water partition coefficient (Wildman–Crippen LogP) is 2.55. The van der Waals surface area contributed by atoms with E-state index in [1.165, 1.54) is 5.56 Å². The summed E-state index contributed by atoms with van der Waals surface area (Å²) in [5, 5.41) is 0. The van der Waals surface area contributed by atoms with Crippen molar-refractivity contribution in [1.29, 1.82) is 0 Å². The molecule has 1 heterocycles. The van der Waals surface area contributed by atoms with Crippen LogP contribution in [0.4, 0.5) is 0 Å². The van der Waals surface area contributed by atoms with Crippen LogP contribution in [-0.2, 0) is 4.79 Å². The van der Waals surface area contributed by atoms with Gasteiger partial charge in [0.2, 0.25) is 5.91 Å². The first kappa shape index (κ1) is 14.1. The number of likely N-dealkylation sites (tertiary alicyclic amines) is 1. The van der Waals surface area contributed by atoms with Crippen molar-refractivity contribution >= 4 is 5.91 Å². The molecule has 0 unspecified atom stereocenters. The minimum Gasteiger partial charge on any atom is -0.336 e. The summed E-state index contributed by atoms with van der Waals surface area (Å²) in [7, 11) is 4.16. The summed E-state index contributed by atoms with van der Waals surface area (Å²) in [5.74, 6) is 0.726. The average Bonchev–Trinajstić information content (AvgIpc) is 2.80. The Morgan fingerprint density at radius 3 is 2.42 bits per heavy atom. The molecule has 3 nitrogen and oxygen atoms in total. The molecule has 0 aliphatic carbocycles. The molecule has 1 aliphatic heterocycles. The third-order valence-electron chi connectivity index (χ3n) is 4.43. The number of benzene rings is 1. The van der Waals surface area contributed by atoms with Gasteiger partial charge in [0.15, 0.2) is 0 Å². The van der Waals surface area contributed by atoms with Gasteiger partial charge in [0, 0.05) is 24.9 Å². The second-order valence-corrected chi connectivity index (χ2v) is 5.80. The third-order valence-corrected chi connectivity index (χ3v) is 4.43. The predicted molar refractivity (Wildman–Crippen MR) is 77.8 cm³/mol. The lowest BCUT2D eigenvalue weighted by Gasteiger charge is -2.28. The molecule has 1 amide bonds. The Bertz CT molecular complexity index is 430. The topological polar surface area (TPSA) is 23.6 Å². The van der Waals surface area contributed by atoms with Crippen LogP contribution in [0.3, 0.4) is 0 Å². The number of amides is 1. The smallest absolute Gasteiger partial charge is 0.223 e. The van der Waals surface area contributed by atoms with Gasteiger partial charge in [-0.05, 0) is 33.5 Å². The molecule has 3 atom stereocenters. The van der Waals surface area contributed by atoms with E-state index in [-0.39, 0.29) is 11.9 Å². The Morgan fingerprint density at radius 1 is 1.21 bits per heavy atom. The van der Waals surface area contributed by atoms with E-state index < -0.39 is 0 Å². The number of hydrogen-bond donors (Lipinski definition) is 0. The molecule has 1 fully saturated rings. The molecule has 3 heteroatoms. The maximum atomic E-state index is 12.2. The SMILES string of the molecule is C[C@@H]([C@@H]1CC(=O)N([C@@H](C)c2ccccc2)C1)N(C)C. The van der Waals surface area contributed by atoms with Crippen LogP contribution in [0, 0.1) is 5.92 Å². The van der Waals surface area contributed by atoms with Crippen LogP contribution in [0.15, 0.2) is 30.3 Å². The zero-order valence-corrected chi connectivity index (χ0v) is 12.3. The quantitative estimate of drug-likeness (QED) is 0.830. The van der Waals surface area contributed by atoms with Crippen molar-refractivity contribution < 1.29 is 4.79 Å². The van der Waals surface area contributed by atoms with Gasteiger partial charge in [-0.3, -0.25) is 4.79 Å². The van der Waals surface area contributed by atoms with Crippen molar-refractivity contribution in [3.63, 3.8) is 0 Å². The molecule has 0 aromatic heterocycles. The molecule has 0 saturated carbocycles. The second kappa shape index (κ2) is 5.74. The summed E-state index contributed by atoms with van der Waals surface area (Å²) in [6.07, 6.45) is 0.677. The molecule has 0 radical (unpaired) electrons. The summed E-state index contributed by atoms with van der Waals surface area (Å²) in [5.41, 5.74) is 1.22. The molecule has 104 valence electrons. The van der Waals surface area contributed by atoms with Crippen LogP contribution < -0.4 is 0 Å². The summed E-state index contributed by atoms with van der Waals surface area (Å²) in [4.78, 5) is 16.5. The van der Waals surface area contributed by atoms with E-state index in [0.717, 1.165) is 6.54 Å². The van der Waals surface area contributed by atoms with Gasteiger partial charge in [0.05, 0.1) is 6.04 Å². The molecular weight excluding hydrogens is 236 g/mol. The standard InChI is InChI=1S/C16H24N2O/c1-12(17(3)4)15-10-16(19)18(11-15)13(2)14-8-6-5-7-9-14/h5-9,12-13,15H,10-11H2,1-4H3/t12-,13-,15+/m0/s1. The zero-order valence-electron chi connectivity index (χ0n) is 12.3. The van der Waals surface area contributed by atoms with Gasteiger partial charge in [-0.1, -0.05) is 30.3 Å². The van der Waals surface area contributed by atoms with Crippen molar-refractivity contribution in [2.75, 3.05) is 20.6 Å². The largest absolute Gasteiger partial charge is 0.336 e. The number of carbonyl (C=O) groups is 1. The molecule has 2 rings (SSSR count). The van der Waals surface area contributed by atoms with E-state index in [4.69, 9.17) is 0 Å². The van der Waals surface area contributed by atoms with Crippen LogP contribution in [0.1, 0.15) is 31.9 Å². The fraction of sp³-hybridized carbons (Fsp3) is 0.562.